The first-order valence-electron chi connectivity index (χ1n) is 23.0. The summed E-state index contributed by atoms with van der Waals surface area (Å²) in [4.78, 5) is 2.42. The van der Waals surface area contributed by atoms with E-state index in [2.05, 4.69) is 225 Å². The van der Waals surface area contributed by atoms with Crippen molar-refractivity contribution in [2.45, 2.75) is 53.0 Å². The molecule has 0 heterocycles. The minimum Gasteiger partial charge on any atom is -0.361 e. The van der Waals surface area contributed by atoms with Crippen molar-refractivity contribution in [2.24, 2.45) is 5.73 Å². The van der Waals surface area contributed by atoms with Crippen molar-refractivity contribution in [1.29, 1.82) is 0 Å². The summed E-state index contributed by atoms with van der Waals surface area (Å²) >= 11 is 0. The van der Waals surface area contributed by atoms with Gasteiger partial charge in [-0.05, 0) is 148 Å². The molecular formula is C62H59N3. The first kappa shape index (κ1) is 44.2. The predicted molar refractivity (Wildman–Crippen MR) is 282 cm³/mol. The highest BCUT2D eigenvalue weighted by Gasteiger charge is 2.27. The van der Waals surface area contributed by atoms with E-state index in [0.29, 0.717) is 0 Å². The Bertz CT molecular complexity index is 2920. The molecule has 6 aromatic rings. The molecule has 3 nitrogen and oxygen atoms in total. The van der Waals surface area contributed by atoms with E-state index in [1.165, 1.54) is 55.7 Å². The summed E-state index contributed by atoms with van der Waals surface area (Å²) in [7, 11) is 0. The van der Waals surface area contributed by atoms with Crippen LogP contribution in [0.25, 0.3) is 34.4 Å². The Labute approximate surface area is 387 Å². The third kappa shape index (κ3) is 10.2. The van der Waals surface area contributed by atoms with Crippen molar-refractivity contribution in [2.75, 3.05) is 10.2 Å². The van der Waals surface area contributed by atoms with E-state index in [4.69, 9.17) is 5.73 Å². The fourth-order valence-corrected chi connectivity index (χ4v) is 8.79. The molecule has 9 rings (SSSR count). The molecule has 3 N–H and O–H groups in total. The molecule has 0 spiro atoms. The molecule has 1 unspecified atom stereocenters. The number of allylic oxidation sites excluding steroid dienone is 13. The van der Waals surface area contributed by atoms with Crippen LogP contribution in [-0.4, -0.2) is 0 Å². The predicted octanol–water partition coefficient (Wildman–Crippen LogP) is 16.6. The van der Waals surface area contributed by atoms with Crippen molar-refractivity contribution in [1.82, 2.24) is 0 Å². The number of nitrogens with one attached hydrogen (secondary N) is 1. The standard InChI is InChI=1S/C60H53N3.C2H6/c1-42-27-33-54-55-38-45(37-51(36-42)48-22-12-6-13-23-48)30-34-53(55)56(57(61)26-16-17-35-62-58-39-49(31-28-43(58)2)46-18-8-4-9-19-46)41-60(54)63(52-24-14-7-15-25-52)59-40-50(32-29-44(59)3)47-20-10-5-11-21-47;1-2/h4-12,14-22,24-37,39-41,57,62H,1,13,23,38,61H2,2-3H3;1-2H3/b26-16-,33-27?,35-17-,45-37?,51-36?;. The van der Waals surface area contributed by atoms with Crippen molar-refractivity contribution in [3.63, 3.8) is 0 Å². The highest BCUT2D eigenvalue weighted by Crippen LogP contribution is 2.46. The highest BCUT2D eigenvalue weighted by molar-refractivity contribution is 5.90. The van der Waals surface area contributed by atoms with Crippen LogP contribution in [0.15, 0.2) is 229 Å². The van der Waals surface area contributed by atoms with Crippen molar-refractivity contribution >= 4 is 34.9 Å². The van der Waals surface area contributed by atoms with Gasteiger partial charge in [-0.3, -0.25) is 0 Å². The van der Waals surface area contributed by atoms with Gasteiger partial charge in [0.2, 0.25) is 0 Å². The van der Waals surface area contributed by atoms with Gasteiger partial charge in [0.1, 0.15) is 0 Å². The molecule has 3 aliphatic carbocycles. The Morgan fingerprint density at radius 1 is 0.662 bits per heavy atom. The molecule has 0 aliphatic heterocycles. The Morgan fingerprint density at radius 3 is 2.02 bits per heavy atom. The number of nitrogens with zero attached hydrogens (tertiary/aromatic N) is 1. The van der Waals surface area contributed by atoms with Crippen LogP contribution in [-0.2, 0) is 6.42 Å². The number of nitrogens with two attached hydrogens (primary N) is 1. The SMILES string of the molecule is C=C1C=Cc2c(N(c3ccccc3)c3cc(-c4ccccc4)ccc3C)cc(C(N)/C=C\C=C/Nc3cc(-c4ccccc4)ccc3C)c3c2CC(=CC(C2=CC=CCC2)=C1)C=C3.CC. The minimum atomic E-state index is -0.384. The Hall–Kier alpha value is -7.46. The normalized spacial score (nSPS) is 14.6. The van der Waals surface area contributed by atoms with Gasteiger partial charge >= 0.3 is 0 Å². The third-order valence-corrected chi connectivity index (χ3v) is 12.2. The summed E-state index contributed by atoms with van der Waals surface area (Å²) in [6.07, 6.45) is 31.3. The molecule has 0 fully saturated rings. The molecule has 0 aromatic heterocycles. The fraction of sp³-hybridized carbons (Fsp3) is 0.129. The number of fused-ring (bicyclic) bond motifs is 1. The number of hydrogen-bond acceptors (Lipinski definition) is 3. The van der Waals surface area contributed by atoms with Crippen molar-refractivity contribution in [3.8, 4) is 22.3 Å². The van der Waals surface area contributed by atoms with Crippen LogP contribution in [0, 0.1) is 13.8 Å². The number of aryl methyl sites for hydroxylation is 2. The first-order valence-corrected chi connectivity index (χ1v) is 23.0. The zero-order chi connectivity index (χ0) is 45.1. The average Bonchev–Trinajstić information content (AvgIpc) is 3.35. The molecule has 3 aliphatic rings. The number of hydrogen-bond donors (Lipinski definition) is 2. The zero-order valence-corrected chi connectivity index (χ0v) is 38.1. The molecule has 1 atom stereocenters. The third-order valence-electron chi connectivity index (χ3n) is 12.2. The molecule has 0 radical (unpaired) electrons. The van der Waals surface area contributed by atoms with Crippen LogP contribution < -0.4 is 16.0 Å². The molecule has 0 saturated carbocycles. The minimum absolute atomic E-state index is 0.384. The van der Waals surface area contributed by atoms with Gasteiger partial charge in [0.25, 0.3) is 0 Å². The lowest BCUT2D eigenvalue weighted by molar-refractivity contribution is 0.900. The lowest BCUT2D eigenvalue weighted by atomic mass is 9.81. The van der Waals surface area contributed by atoms with Gasteiger partial charge in [0, 0.05) is 34.9 Å². The smallest absolute Gasteiger partial charge is 0.0540 e. The Kier molecular flexibility index (Phi) is 14.1. The molecule has 6 aromatic carbocycles. The van der Waals surface area contributed by atoms with Gasteiger partial charge in [-0.2, -0.15) is 0 Å². The fourth-order valence-electron chi connectivity index (χ4n) is 8.79. The number of benzene rings is 6. The van der Waals surface area contributed by atoms with E-state index in [9.17, 15) is 0 Å². The van der Waals surface area contributed by atoms with E-state index in [0.717, 1.165) is 64.3 Å². The molecular weight excluding hydrogens is 787 g/mol. The first-order chi connectivity index (χ1) is 31.9. The summed E-state index contributed by atoms with van der Waals surface area (Å²) in [5, 5.41) is 3.52. The van der Waals surface area contributed by atoms with Crippen LogP contribution in [0.5, 0.6) is 0 Å². The van der Waals surface area contributed by atoms with E-state index in [1.807, 2.05) is 32.2 Å². The van der Waals surface area contributed by atoms with Crippen molar-refractivity contribution in [3.05, 3.63) is 263 Å². The average molecular weight is 846 g/mol. The quantitative estimate of drug-likeness (QED) is 0.128. The van der Waals surface area contributed by atoms with E-state index in [1.54, 1.807) is 0 Å². The maximum Gasteiger partial charge on any atom is 0.0540 e. The largest absolute Gasteiger partial charge is 0.361 e. The Morgan fingerprint density at radius 2 is 1.32 bits per heavy atom. The van der Waals surface area contributed by atoms with Crippen LogP contribution >= 0.6 is 0 Å². The monoisotopic (exact) mass is 845 g/mol. The second-order valence-corrected chi connectivity index (χ2v) is 16.5. The van der Waals surface area contributed by atoms with Gasteiger partial charge in [0.15, 0.2) is 0 Å². The lowest BCUT2D eigenvalue weighted by Crippen LogP contribution is -2.19. The molecule has 2 bridgehead atoms. The lowest BCUT2D eigenvalue weighted by Gasteiger charge is -2.33. The second kappa shape index (κ2) is 20.8. The van der Waals surface area contributed by atoms with Gasteiger partial charge in [-0.25, -0.2) is 0 Å². The van der Waals surface area contributed by atoms with E-state index in [-0.39, 0.29) is 6.04 Å². The number of anilines is 4. The molecule has 3 heteroatoms. The summed E-state index contributed by atoms with van der Waals surface area (Å²) in [5.41, 5.74) is 28.1. The van der Waals surface area contributed by atoms with Crippen LogP contribution in [0.2, 0.25) is 0 Å². The highest BCUT2D eigenvalue weighted by atomic mass is 15.1. The van der Waals surface area contributed by atoms with Gasteiger partial charge in [0.05, 0.1) is 5.69 Å². The second-order valence-electron chi connectivity index (χ2n) is 16.5. The molecule has 65 heavy (non-hydrogen) atoms. The van der Waals surface area contributed by atoms with E-state index < -0.39 is 0 Å². The molecule has 322 valence electrons. The van der Waals surface area contributed by atoms with Gasteiger partial charge in [-0.15, -0.1) is 0 Å². The van der Waals surface area contributed by atoms with Gasteiger partial charge in [-0.1, -0.05) is 184 Å². The van der Waals surface area contributed by atoms with Gasteiger partial charge < -0.3 is 16.0 Å². The summed E-state index contributed by atoms with van der Waals surface area (Å²) in [5.74, 6) is 0. The summed E-state index contributed by atoms with van der Waals surface area (Å²) in [6, 6.07) is 47.1. The molecule has 0 saturated heterocycles. The zero-order valence-electron chi connectivity index (χ0n) is 38.1. The van der Waals surface area contributed by atoms with Crippen molar-refractivity contribution < 1.29 is 0 Å². The Balaban J connectivity index is 0.00000284. The van der Waals surface area contributed by atoms with Crippen LogP contribution in [0.1, 0.15) is 66.1 Å². The molecule has 0 amide bonds. The maximum atomic E-state index is 7.30. The summed E-state index contributed by atoms with van der Waals surface area (Å²) in [6.45, 7) is 12.9. The maximum absolute atomic E-state index is 7.30. The topological polar surface area (TPSA) is 41.3 Å². The number of para-hydroxylation sites is 1. The van der Waals surface area contributed by atoms with Crippen LogP contribution in [0.4, 0.5) is 22.7 Å². The number of rotatable bonds is 11. The van der Waals surface area contributed by atoms with Crippen LogP contribution in [0.3, 0.4) is 0 Å². The van der Waals surface area contributed by atoms with E-state index >= 15 is 0 Å². The summed E-state index contributed by atoms with van der Waals surface area (Å²) < 4.78 is 0.